The Hall–Kier alpha value is -0.380. The molecule has 0 bridgehead atoms. The van der Waals surface area contributed by atoms with E-state index in [-0.39, 0.29) is 6.09 Å². The summed E-state index contributed by atoms with van der Waals surface area (Å²) >= 11 is 4.13. The van der Waals surface area contributed by atoms with Gasteiger partial charge in [-0.2, -0.15) is 12.6 Å². The first-order valence-corrected chi connectivity index (χ1v) is 6.46. The molecule has 3 nitrogen and oxygen atoms in total. The molecule has 90 valence electrons. The molecule has 0 saturated heterocycles. The Morgan fingerprint density at radius 2 is 1.93 bits per heavy atom. The van der Waals surface area contributed by atoms with Gasteiger partial charge < -0.3 is 10.1 Å². The molecule has 0 fully saturated rings. The summed E-state index contributed by atoms with van der Waals surface area (Å²) in [6, 6.07) is 0. The quantitative estimate of drug-likeness (QED) is 0.474. The largest absolute Gasteiger partial charge is 0.450 e. The Morgan fingerprint density at radius 1 is 1.20 bits per heavy atom. The van der Waals surface area contributed by atoms with Crippen molar-refractivity contribution < 1.29 is 9.53 Å². The topological polar surface area (TPSA) is 38.3 Å². The molecule has 0 rings (SSSR count). The van der Waals surface area contributed by atoms with E-state index in [9.17, 15) is 4.79 Å². The fourth-order valence-electron chi connectivity index (χ4n) is 1.15. The lowest BCUT2D eigenvalue weighted by molar-refractivity contribution is 0.144. The maximum absolute atomic E-state index is 11.1. The van der Waals surface area contributed by atoms with Gasteiger partial charge in [0.2, 0.25) is 0 Å². The molecule has 0 aliphatic rings. The fraction of sp³-hybridized carbons (Fsp3) is 0.909. The van der Waals surface area contributed by atoms with Crippen molar-refractivity contribution in [1.29, 1.82) is 0 Å². The Morgan fingerprint density at radius 3 is 2.60 bits per heavy atom. The molecule has 1 N–H and O–H groups in total. The zero-order valence-electron chi connectivity index (χ0n) is 9.63. The number of unbranched alkanes of at least 4 members (excludes halogenated alkanes) is 4. The van der Waals surface area contributed by atoms with Crippen LogP contribution in [0, 0.1) is 0 Å². The second-order valence-electron chi connectivity index (χ2n) is 3.55. The number of carbonyl (C=O) groups excluding carboxylic acids is 1. The highest BCUT2D eigenvalue weighted by molar-refractivity contribution is 7.80. The molecule has 0 aromatic carbocycles. The zero-order chi connectivity index (χ0) is 11.4. The number of thiol groups is 1. The Balaban J connectivity index is 3.10. The van der Waals surface area contributed by atoms with Crippen molar-refractivity contribution in [2.45, 2.75) is 45.4 Å². The van der Waals surface area contributed by atoms with Crippen LogP contribution in [0.3, 0.4) is 0 Å². The molecule has 0 aliphatic heterocycles. The Bertz CT molecular complexity index is 154. The zero-order valence-corrected chi connectivity index (χ0v) is 10.5. The number of nitrogens with one attached hydrogen (secondary N) is 1. The van der Waals surface area contributed by atoms with E-state index in [1.54, 1.807) is 0 Å². The van der Waals surface area contributed by atoms with Crippen LogP contribution in [-0.4, -0.2) is 25.0 Å². The van der Waals surface area contributed by atoms with Gasteiger partial charge in [0.1, 0.15) is 0 Å². The highest BCUT2D eigenvalue weighted by Gasteiger charge is 1.99. The number of rotatable bonds is 9. The van der Waals surface area contributed by atoms with Crippen LogP contribution < -0.4 is 5.32 Å². The third-order valence-electron chi connectivity index (χ3n) is 2.09. The number of carbonyl (C=O) groups is 1. The first-order chi connectivity index (χ1) is 7.31. The first-order valence-electron chi connectivity index (χ1n) is 5.82. The molecule has 15 heavy (non-hydrogen) atoms. The number of alkyl carbamates (subject to hydrolysis) is 1. The van der Waals surface area contributed by atoms with Crippen molar-refractivity contribution in [2.75, 3.05) is 18.9 Å². The third kappa shape index (κ3) is 11.5. The highest BCUT2D eigenvalue weighted by Crippen LogP contribution is 2.00. The van der Waals surface area contributed by atoms with Crippen LogP contribution >= 0.6 is 12.6 Å². The summed E-state index contributed by atoms with van der Waals surface area (Å²) in [5, 5.41) is 2.71. The normalized spacial score (nSPS) is 10.0. The van der Waals surface area contributed by atoms with Crippen molar-refractivity contribution in [3.8, 4) is 0 Å². The van der Waals surface area contributed by atoms with Gasteiger partial charge >= 0.3 is 6.09 Å². The molecule has 0 atom stereocenters. The smallest absolute Gasteiger partial charge is 0.407 e. The van der Waals surface area contributed by atoms with Crippen molar-refractivity contribution in [3.05, 3.63) is 0 Å². The average Bonchev–Trinajstić information content (AvgIpc) is 2.23. The van der Waals surface area contributed by atoms with Crippen LogP contribution in [0.4, 0.5) is 4.79 Å². The summed E-state index contributed by atoms with van der Waals surface area (Å²) in [6.07, 6.45) is 6.20. The minimum atomic E-state index is -0.280. The molecule has 0 heterocycles. The Labute approximate surface area is 98.4 Å². The van der Waals surface area contributed by atoms with Gasteiger partial charge in [0.25, 0.3) is 0 Å². The van der Waals surface area contributed by atoms with Gasteiger partial charge in [0.15, 0.2) is 0 Å². The molecule has 0 saturated carbocycles. The number of ether oxygens (including phenoxy) is 1. The summed E-state index contributed by atoms with van der Waals surface area (Å²) in [5.74, 6) is 0.943. The molecular weight excluding hydrogens is 210 g/mol. The standard InChI is InChI=1S/C11H23NO2S/c1-2-3-8-12-11(13)14-9-6-4-5-7-10-15/h15H,2-10H2,1H3,(H,12,13). The molecule has 0 aromatic heterocycles. The van der Waals surface area contributed by atoms with Gasteiger partial charge in [-0.1, -0.05) is 26.2 Å². The SMILES string of the molecule is CCCCNC(=O)OCCCCCCS. The summed E-state index contributed by atoms with van der Waals surface area (Å²) in [6.45, 7) is 3.34. The van der Waals surface area contributed by atoms with Gasteiger partial charge in [0, 0.05) is 6.54 Å². The molecule has 0 spiro atoms. The third-order valence-corrected chi connectivity index (χ3v) is 2.40. The van der Waals surface area contributed by atoms with E-state index >= 15 is 0 Å². The minimum absolute atomic E-state index is 0.280. The van der Waals surface area contributed by atoms with Crippen molar-refractivity contribution >= 4 is 18.7 Å². The van der Waals surface area contributed by atoms with E-state index in [4.69, 9.17) is 4.74 Å². The maximum atomic E-state index is 11.1. The molecule has 0 radical (unpaired) electrons. The number of amides is 1. The lowest BCUT2D eigenvalue weighted by atomic mass is 10.2. The second-order valence-corrected chi connectivity index (χ2v) is 4.00. The van der Waals surface area contributed by atoms with Gasteiger partial charge in [-0.25, -0.2) is 4.79 Å². The lowest BCUT2D eigenvalue weighted by Crippen LogP contribution is -2.25. The molecule has 0 unspecified atom stereocenters. The van der Waals surface area contributed by atoms with E-state index < -0.39 is 0 Å². The van der Waals surface area contributed by atoms with Crippen LogP contribution in [-0.2, 0) is 4.74 Å². The van der Waals surface area contributed by atoms with Gasteiger partial charge in [0.05, 0.1) is 6.61 Å². The van der Waals surface area contributed by atoms with E-state index in [1.807, 2.05) is 0 Å². The van der Waals surface area contributed by atoms with E-state index in [0.717, 1.165) is 44.4 Å². The van der Waals surface area contributed by atoms with Crippen LogP contribution in [0.15, 0.2) is 0 Å². The number of hydrogen-bond donors (Lipinski definition) is 2. The average molecular weight is 233 g/mol. The number of hydrogen-bond acceptors (Lipinski definition) is 3. The summed E-state index contributed by atoms with van der Waals surface area (Å²) in [4.78, 5) is 11.1. The summed E-state index contributed by atoms with van der Waals surface area (Å²) in [5.41, 5.74) is 0. The summed E-state index contributed by atoms with van der Waals surface area (Å²) in [7, 11) is 0. The first kappa shape index (κ1) is 14.6. The maximum Gasteiger partial charge on any atom is 0.407 e. The highest BCUT2D eigenvalue weighted by atomic mass is 32.1. The Kier molecular flexibility index (Phi) is 11.4. The molecule has 1 amide bonds. The second kappa shape index (κ2) is 11.7. The van der Waals surface area contributed by atoms with Gasteiger partial charge in [-0.05, 0) is 25.0 Å². The van der Waals surface area contributed by atoms with E-state index in [2.05, 4.69) is 24.9 Å². The van der Waals surface area contributed by atoms with Crippen molar-refractivity contribution in [2.24, 2.45) is 0 Å². The lowest BCUT2D eigenvalue weighted by Gasteiger charge is -2.05. The van der Waals surface area contributed by atoms with Crippen LogP contribution in [0.2, 0.25) is 0 Å². The van der Waals surface area contributed by atoms with Crippen molar-refractivity contribution in [1.82, 2.24) is 5.32 Å². The van der Waals surface area contributed by atoms with Crippen LogP contribution in [0.25, 0.3) is 0 Å². The summed E-state index contributed by atoms with van der Waals surface area (Å²) < 4.78 is 5.00. The van der Waals surface area contributed by atoms with Crippen LogP contribution in [0.5, 0.6) is 0 Å². The molecule has 0 aromatic rings. The molecular formula is C11H23NO2S. The van der Waals surface area contributed by atoms with Gasteiger partial charge in [-0.3, -0.25) is 0 Å². The van der Waals surface area contributed by atoms with Gasteiger partial charge in [-0.15, -0.1) is 0 Å². The predicted octanol–water partition coefficient (Wildman–Crippen LogP) is 3.00. The van der Waals surface area contributed by atoms with E-state index in [0.29, 0.717) is 6.61 Å². The fourth-order valence-corrected chi connectivity index (χ4v) is 1.37. The minimum Gasteiger partial charge on any atom is -0.450 e. The predicted molar refractivity (Wildman–Crippen MR) is 66.6 cm³/mol. The molecule has 0 aliphatic carbocycles. The monoisotopic (exact) mass is 233 g/mol. The van der Waals surface area contributed by atoms with Crippen molar-refractivity contribution in [3.63, 3.8) is 0 Å². The van der Waals surface area contributed by atoms with Crippen LogP contribution in [0.1, 0.15) is 45.4 Å². The molecule has 4 heteroatoms. The van der Waals surface area contributed by atoms with E-state index in [1.165, 1.54) is 6.42 Å².